The van der Waals surface area contributed by atoms with Crippen molar-refractivity contribution in [1.29, 1.82) is 0 Å². The molecule has 1 rings (SSSR count). The Hall–Kier alpha value is -0.940. The van der Waals surface area contributed by atoms with Crippen molar-refractivity contribution in [3.8, 4) is 0 Å². The number of rotatable bonds is 11. The van der Waals surface area contributed by atoms with Crippen LogP contribution in [0.2, 0.25) is 0 Å². The van der Waals surface area contributed by atoms with E-state index in [1.807, 2.05) is 4.90 Å². The van der Waals surface area contributed by atoms with Crippen LogP contribution in [0.3, 0.4) is 0 Å². The molecule has 2 N–H and O–H groups in total. The second-order valence-electron chi connectivity index (χ2n) is 6.98. The van der Waals surface area contributed by atoms with Gasteiger partial charge in [0.1, 0.15) is 5.78 Å². The highest BCUT2D eigenvalue weighted by atomic mass is 16.2. The summed E-state index contributed by atoms with van der Waals surface area (Å²) in [6.07, 6.45) is 6.11. The molecule has 1 heterocycles. The van der Waals surface area contributed by atoms with E-state index in [0.717, 1.165) is 58.3 Å². The van der Waals surface area contributed by atoms with Crippen LogP contribution in [0.1, 0.15) is 65.7 Å². The number of hydrogen-bond acceptors (Lipinski definition) is 4. The van der Waals surface area contributed by atoms with Crippen molar-refractivity contribution in [2.24, 2.45) is 0 Å². The summed E-state index contributed by atoms with van der Waals surface area (Å²) < 4.78 is 0. The molecule has 0 spiro atoms. The lowest BCUT2D eigenvalue weighted by Gasteiger charge is -2.32. The molecule has 0 saturated carbocycles. The standard InChI is InChI=1S/C18H35N3O2/c1-15(2)19-11-6-12-20-17-9-13-21(14-10-17)18(23)8-5-4-7-16(3)22/h15,17,19-20H,4-14H2,1-3H3. The molecule has 0 atom stereocenters. The molecule has 0 aromatic heterocycles. The molecule has 5 heteroatoms. The third-order valence-electron chi connectivity index (χ3n) is 4.36. The largest absolute Gasteiger partial charge is 0.343 e. The lowest BCUT2D eigenvalue weighted by molar-refractivity contribution is -0.132. The molecule has 1 amide bonds. The van der Waals surface area contributed by atoms with Crippen LogP contribution in [0.5, 0.6) is 0 Å². The van der Waals surface area contributed by atoms with E-state index in [-0.39, 0.29) is 11.7 Å². The van der Waals surface area contributed by atoms with E-state index < -0.39 is 0 Å². The van der Waals surface area contributed by atoms with Crippen molar-refractivity contribution in [1.82, 2.24) is 15.5 Å². The molecule has 1 fully saturated rings. The Balaban J connectivity index is 2.05. The van der Waals surface area contributed by atoms with Gasteiger partial charge in [-0.3, -0.25) is 4.79 Å². The summed E-state index contributed by atoms with van der Waals surface area (Å²) in [6, 6.07) is 1.11. The van der Waals surface area contributed by atoms with Gasteiger partial charge in [0.25, 0.3) is 0 Å². The van der Waals surface area contributed by atoms with Gasteiger partial charge >= 0.3 is 0 Å². The quantitative estimate of drug-likeness (QED) is 0.571. The van der Waals surface area contributed by atoms with Gasteiger partial charge in [0.15, 0.2) is 0 Å². The first-order valence-corrected chi connectivity index (χ1v) is 9.23. The zero-order valence-electron chi connectivity index (χ0n) is 15.2. The van der Waals surface area contributed by atoms with Crippen LogP contribution in [0.25, 0.3) is 0 Å². The molecule has 0 aliphatic carbocycles. The molecule has 134 valence electrons. The first kappa shape index (κ1) is 20.1. The zero-order chi connectivity index (χ0) is 17.1. The van der Waals surface area contributed by atoms with Crippen LogP contribution in [0, 0.1) is 0 Å². The van der Waals surface area contributed by atoms with Crippen LogP contribution in [-0.2, 0) is 9.59 Å². The van der Waals surface area contributed by atoms with Gasteiger partial charge in [-0.1, -0.05) is 13.8 Å². The minimum absolute atomic E-state index is 0.216. The molecule has 0 aromatic rings. The summed E-state index contributed by atoms with van der Waals surface area (Å²) in [5, 5.41) is 7.03. The highest BCUT2D eigenvalue weighted by Gasteiger charge is 2.21. The highest BCUT2D eigenvalue weighted by Crippen LogP contribution is 2.13. The third-order valence-corrected chi connectivity index (χ3v) is 4.36. The highest BCUT2D eigenvalue weighted by molar-refractivity contribution is 5.77. The Morgan fingerprint density at radius 2 is 1.70 bits per heavy atom. The van der Waals surface area contributed by atoms with Crippen molar-refractivity contribution < 1.29 is 9.59 Å². The third kappa shape index (κ3) is 9.72. The van der Waals surface area contributed by atoms with Gasteiger partial charge in [-0.05, 0) is 52.1 Å². The SMILES string of the molecule is CC(=O)CCCCC(=O)N1CCC(NCCCNC(C)C)CC1. The fourth-order valence-corrected chi connectivity index (χ4v) is 2.93. The molecule has 0 unspecified atom stereocenters. The Morgan fingerprint density at radius 3 is 2.30 bits per heavy atom. The zero-order valence-corrected chi connectivity index (χ0v) is 15.2. The van der Waals surface area contributed by atoms with Gasteiger partial charge in [-0.2, -0.15) is 0 Å². The molecular formula is C18H35N3O2. The van der Waals surface area contributed by atoms with Crippen LogP contribution in [0.4, 0.5) is 0 Å². The fourth-order valence-electron chi connectivity index (χ4n) is 2.93. The van der Waals surface area contributed by atoms with Crippen LogP contribution in [0.15, 0.2) is 0 Å². The molecule has 5 nitrogen and oxygen atoms in total. The van der Waals surface area contributed by atoms with Gasteiger partial charge in [0, 0.05) is 38.0 Å². The van der Waals surface area contributed by atoms with Crippen molar-refractivity contribution in [3.63, 3.8) is 0 Å². The van der Waals surface area contributed by atoms with Gasteiger partial charge in [0.05, 0.1) is 0 Å². The fraction of sp³-hybridized carbons (Fsp3) is 0.889. The monoisotopic (exact) mass is 325 g/mol. The van der Waals surface area contributed by atoms with Gasteiger partial charge in [-0.15, -0.1) is 0 Å². The van der Waals surface area contributed by atoms with Crippen molar-refractivity contribution in [3.05, 3.63) is 0 Å². The molecular weight excluding hydrogens is 290 g/mol. The van der Waals surface area contributed by atoms with Crippen molar-refractivity contribution in [2.45, 2.75) is 77.8 Å². The number of carbonyl (C=O) groups excluding carboxylic acids is 2. The van der Waals surface area contributed by atoms with Crippen LogP contribution >= 0.6 is 0 Å². The molecule has 23 heavy (non-hydrogen) atoms. The van der Waals surface area contributed by atoms with E-state index in [1.165, 1.54) is 0 Å². The van der Waals surface area contributed by atoms with E-state index in [4.69, 9.17) is 0 Å². The Labute approximate surface area is 141 Å². The number of unbranched alkanes of at least 4 members (excludes halogenated alkanes) is 1. The Morgan fingerprint density at radius 1 is 1.04 bits per heavy atom. The summed E-state index contributed by atoms with van der Waals surface area (Å²) >= 11 is 0. The van der Waals surface area contributed by atoms with Crippen molar-refractivity contribution in [2.75, 3.05) is 26.2 Å². The summed E-state index contributed by atoms with van der Waals surface area (Å²) in [5.41, 5.74) is 0. The molecule has 1 aliphatic heterocycles. The number of carbonyl (C=O) groups is 2. The van der Waals surface area contributed by atoms with Gasteiger partial charge < -0.3 is 20.3 Å². The number of amides is 1. The number of nitrogens with one attached hydrogen (secondary N) is 2. The van der Waals surface area contributed by atoms with Crippen molar-refractivity contribution >= 4 is 11.7 Å². The van der Waals surface area contributed by atoms with E-state index in [1.54, 1.807) is 6.92 Å². The van der Waals surface area contributed by atoms with Gasteiger partial charge in [-0.25, -0.2) is 0 Å². The lowest BCUT2D eigenvalue weighted by Crippen LogP contribution is -2.45. The first-order valence-electron chi connectivity index (χ1n) is 9.23. The number of likely N-dealkylation sites (tertiary alicyclic amines) is 1. The smallest absolute Gasteiger partial charge is 0.222 e. The average Bonchev–Trinajstić information content (AvgIpc) is 2.51. The molecule has 1 saturated heterocycles. The second-order valence-corrected chi connectivity index (χ2v) is 6.98. The maximum atomic E-state index is 12.1. The normalized spacial score (nSPS) is 16.1. The van der Waals surface area contributed by atoms with Gasteiger partial charge in [0.2, 0.25) is 5.91 Å². The minimum Gasteiger partial charge on any atom is -0.343 e. The Kier molecular flexibility index (Phi) is 10.1. The summed E-state index contributed by atoms with van der Waals surface area (Å²) in [5.74, 6) is 0.473. The van der Waals surface area contributed by atoms with E-state index in [2.05, 4.69) is 24.5 Å². The number of ketones is 1. The summed E-state index contributed by atoms with van der Waals surface area (Å²) in [7, 11) is 0. The molecule has 0 aromatic carbocycles. The maximum absolute atomic E-state index is 12.1. The maximum Gasteiger partial charge on any atom is 0.222 e. The lowest BCUT2D eigenvalue weighted by atomic mass is 10.0. The second kappa shape index (κ2) is 11.6. The van der Waals surface area contributed by atoms with Crippen LogP contribution in [-0.4, -0.2) is 54.9 Å². The van der Waals surface area contributed by atoms with E-state index in [9.17, 15) is 9.59 Å². The summed E-state index contributed by atoms with van der Waals surface area (Å²) in [6.45, 7) is 9.78. The summed E-state index contributed by atoms with van der Waals surface area (Å²) in [4.78, 5) is 25.0. The number of piperidine rings is 1. The average molecular weight is 325 g/mol. The Bertz CT molecular complexity index is 350. The minimum atomic E-state index is 0.216. The molecule has 0 bridgehead atoms. The van der Waals surface area contributed by atoms with E-state index >= 15 is 0 Å². The number of Topliss-reactive ketones (excluding diaryl/α,β-unsaturated/α-hetero) is 1. The molecule has 0 radical (unpaired) electrons. The van der Waals surface area contributed by atoms with E-state index in [0.29, 0.717) is 24.9 Å². The number of nitrogens with zero attached hydrogens (tertiary/aromatic N) is 1. The number of hydrogen-bond donors (Lipinski definition) is 2. The predicted octanol–water partition coefficient (Wildman–Crippen LogP) is 2.10. The first-order chi connectivity index (χ1) is 11.0. The predicted molar refractivity (Wildman–Crippen MR) is 94.5 cm³/mol. The molecule has 1 aliphatic rings. The van der Waals surface area contributed by atoms with Crippen LogP contribution < -0.4 is 10.6 Å². The topological polar surface area (TPSA) is 61.4 Å².